The van der Waals surface area contributed by atoms with Crippen LogP contribution in [0.4, 0.5) is 26.3 Å². The normalized spacial score (nSPS) is 15.6. The van der Waals surface area contributed by atoms with Crippen LogP contribution in [0.25, 0.3) is 0 Å². The van der Waals surface area contributed by atoms with Crippen molar-refractivity contribution in [2.24, 2.45) is 5.92 Å². The molecule has 0 bridgehead atoms. The van der Waals surface area contributed by atoms with E-state index in [2.05, 4.69) is 9.72 Å². The van der Waals surface area contributed by atoms with E-state index in [0.717, 1.165) is 17.7 Å². The Labute approximate surface area is 174 Å². The van der Waals surface area contributed by atoms with Crippen molar-refractivity contribution in [1.82, 2.24) is 14.5 Å². The molecule has 0 aliphatic carbocycles. The standard InChI is InChI=1S/C20H21F6N3O2/c1-11(7-12-8-14(22)15(23)9-13(12)21)3-4-28-5-6-29-16(10-28)17(18(30)31-2)27-19(29)20(24,25)26/h8-9,11H,3-7,10H2,1-2H3/t11-/m0/s1. The van der Waals surface area contributed by atoms with Gasteiger partial charge in [0.2, 0.25) is 5.82 Å². The summed E-state index contributed by atoms with van der Waals surface area (Å²) in [5.74, 6) is -5.37. The van der Waals surface area contributed by atoms with E-state index < -0.39 is 35.4 Å². The van der Waals surface area contributed by atoms with Crippen LogP contribution in [0.5, 0.6) is 0 Å². The van der Waals surface area contributed by atoms with E-state index in [9.17, 15) is 31.1 Å². The summed E-state index contributed by atoms with van der Waals surface area (Å²) in [5.41, 5.74) is -0.174. The minimum absolute atomic E-state index is 0.000351. The van der Waals surface area contributed by atoms with Crippen LogP contribution in [0.2, 0.25) is 0 Å². The first kappa shape index (κ1) is 23.1. The van der Waals surface area contributed by atoms with Crippen molar-refractivity contribution >= 4 is 5.97 Å². The Morgan fingerprint density at radius 1 is 1.16 bits per heavy atom. The molecule has 31 heavy (non-hydrogen) atoms. The maximum absolute atomic E-state index is 13.8. The first-order chi connectivity index (χ1) is 14.5. The van der Waals surface area contributed by atoms with Gasteiger partial charge in [-0.15, -0.1) is 0 Å². The van der Waals surface area contributed by atoms with Crippen LogP contribution in [-0.4, -0.2) is 40.6 Å². The van der Waals surface area contributed by atoms with Crippen molar-refractivity contribution < 1.29 is 35.9 Å². The highest BCUT2D eigenvalue weighted by Crippen LogP contribution is 2.32. The number of halogens is 6. The van der Waals surface area contributed by atoms with Gasteiger partial charge in [-0.3, -0.25) is 4.90 Å². The van der Waals surface area contributed by atoms with Crippen LogP contribution in [0.1, 0.15) is 40.9 Å². The average Bonchev–Trinajstić information content (AvgIpc) is 3.09. The van der Waals surface area contributed by atoms with Crippen molar-refractivity contribution in [3.8, 4) is 0 Å². The second-order valence-corrected chi connectivity index (χ2v) is 7.60. The highest BCUT2D eigenvalue weighted by Gasteiger charge is 2.41. The molecule has 2 aromatic rings. The fourth-order valence-corrected chi connectivity index (χ4v) is 3.69. The molecule has 5 nitrogen and oxygen atoms in total. The van der Waals surface area contributed by atoms with Gasteiger partial charge in [-0.1, -0.05) is 6.92 Å². The lowest BCUT2D eigenvalue weighted by Crippen LogP contribution is -2.36. The summed E-state index contributed by atoms with van der Waals surface area (Å²) in [5, 5.41) is 0. The van der Waals surface area contributed by atoms with Gasteiger partial charge in [-0.25, -0.2) is 22.9 Å². The Kier molecular flexibility index (Phi) is 6.63. The molecule has 170 valence electrons. The number of benzene rings is 1. The lowest BCUT2D eigenvalue weighted by atomic mass is 9.97. The largest absolute Gasteiger partial charge is 0.464 e. The molecule has 0 N–H and O–H groups in total. The molecular weight excluding hydrogens is 428 g/mol. The van der Waals surface area contributed by atoms with Crippen molar-refractivity contribution in [1.29, 1.82) is 0 Å². The number of carbonyl (C=O) groups excluding carboxylic acids is 1. The molecule has 1 atom stereocenters. The number of esters is 1. The lowest BCUT2D eigenvalue weighted by molar-refractivity contribution is -0.147. The highest BCUT2D eigenvalue weighted by atomic mass is 19.4. The Hall–Kier alpha value is -2.56. The van der Waals surface area contributed by atoms with Gasteiger partial charge >= 0.3 is 12.1 Å². The van der Waals surface area contributed by atoms with Gasteiger partial charge in [0.1, 0.15) is 5.82 Å². The number of carbonyl (C=O) groups is 1. The smallest absolute Gasteiger partial charge is 0.449 e. The number of hydrogen-bond acceptors (Lipinski definition) is 4. The van der Waals surface area contributed by atoms with Gasteiger partial charge in [0.15, 0.2) is 17.3 Å². The fraction of sp³-hybridized carbons (Fsp3) is 0.500. The monoisotopic (exact) mass is 449 g/mol. The molecule has 1 aliphatic heterocycles. The Bertz CT molecular complexity index is 973. The Morgan fingerprint density at radius 3 is 2.48 bits per heavy atom. The number of imidazole rings is 1. The Balaban J connectivity index is 1.68. The third-order valence-corrected chi connectivity index (χ3v) is 5.31. The molecule has 0 amide bonds. The highest BCUT2D eigenvalue weighted by molar-refractivity contribution is 5.88. The van der Waals surface area contributed by atoms with E-state index in [1.807, 2.05) is 11.8 Å². The van der Waals surface area contributed by atoms with E-state index in [-0.39, 0.29) is 42.4 Å². The summed E-state index contributed by atoms with van der Waals surface area (Å²) in [4.78, 5) is 17.2. The molecule has 11 heteroatoms. The van der Waals surface area contributed by atoms with Crippen LogP contribution < -0.4 is 0 Å². The van der Waals surface area contributed by atoms with E-state index >= 15 is 0 Å². The molecule has 1 aromatic heterocycles. The predicted molar refractivity (Wildman–Crippen MR) is 97.6 cm³/mol. The van der Waals surface area contributed by atoms with E-state index in [1.54, 1.807) is 0 Å². The molecule has 0 spiro atoms. The maximum Gasteiger partial charge on any atom is 0.449 e. The second-order valence-electron chi connectivity index (χ2n) is 7.60. The fourth-order valence-electron chi connectivity index (χ4n) is 3.69. The summed E-state index contributed by atoms with van der Waals surface area (Å²) in [6.45, 7) is 2.65. The molecule has 0 radical (unpaired) electrons. The van der Waals surface area contributed by atoms with Gasteiger partial charge in [-0.2, -0.15) is 13.2 Å². The minimum atomic E-state index is -4.70. The SMILES string of the molecule is COC(=O)c1nc(C(F)(F)F)n2c1CN(CC[C@H](C)Cc1cc(F)c(F)cc1F)CC2. The van der Waals surface area contributed by atoms with Crippen LogP contribution >= 0.6 is 0 Å². The number of rotatable bonds is 6. The van der Waals surface area contributed by atoms with Crippen molar-refractivity contribution in [2.45, 2.75) is 39.0 Å². The van der Waals surface area contributed by atoms with Gasteiger partial charge in [0.05, 0.1) is 12.8 Å². The summed E-state index contributed by atoms with van der Waals surface area (Å²) < 4.78 is 85.6. The number of nitrogens with zero attached hydrogens (tertiary/aromatic N) is 3. The molecule has 0 unspecified atom stereocenters. The van der Waals surface area contributed by atoms with Crippen molar-refractivity contribution in [2.75, 3.05) is 20.2 Å². The third-order valence-electron chi connectivity index (χ3n) is 5.31. The second kappa shape index (κ2) is 8.89. The zero-order valence-electron chi connectivity index (χ0n) is 16.9. The van der Waals surface area contributed by atoms with E-state index in [4.69, 9.17) is 0 Å². The first-order valence-corrected chi connectivity index (χ1v) is 9.62. The molecule has 0 saturated carbocycles. The third kappa shape index (κ3) is 5.03. The average molecular weight is 449 g/mol. The number of alkyl halides is 3. The zero-order chi connectivity index (χ0) is 22.9. The molecular formula is C20H21F6N3O2. The lowest BCUT2D eigenvalue weighted by Gasteiger charge is -2.30. The molecule has 3 rings (SSSR count). The minimum Gasteiger partial charge on any atom is -0.464 e. The quantitative estimate of drug-likeness (QED) is 0.377. The predicted octanol–water partition coefficient (Wildman–Crippen LogP) is 4.19. The van der Waals surface area contributed by atoms with Gasteiger partial charge in [0, 0.05) is 25.7 Å². The number of hydrogen-bond donors (Lipinski definition) is 0. The zero-order valence-corrected chi connectivity index (χ0v) is 16.9. The summed E-state index contributed by atoms with van der Waals surface area (Å²) in [6.07, 6.45) is -3.99. The number of methoxy groups -OCH3 is 1. The van der Waals surface area contributed by atoms with Crippen molar-refractivity contribution in [3.63, 3.8) is 0 Å². The first-order valence-electron chi connectivity index (χ1n) is 9.62. The summed E-state index contributed by atoms with van der Waals surface area (Å²) >= 11 is 0. The topological polar surface area (TPSA) is 47.4 Å². The molecule has 1 aliphatic rings. The molecule has 2 heterocycles. The number of fused-ring (bicyclic) bond motifs is 1. The summed E-state index contributed by atoms with van der Waals surface area (Å²) in [7, 11) is 1.07. The van der Waals surface area contributed by atoms with Crippen LogP contribution in [0, 0.1) is 23.4 Å². The molecule has 1 aromatic carbocycles. The maximum atomic E-state index is 13.8. The van der Waals surface area contributed by atoms with Gasteiger partial charge in [0.25, 0.3) is 0 Å². The van der Waals surface area contributed by atoms with Gasteiger partial charge < -0.3 is 9.30 Å². The van der Waals surface area contributed by atoms with Crippen LogP contribution in [0.3, 0.4) is 0 Å². The van der Waals surface area contributed by atoms with E-state index in [0.29, 0.717) is 25.6 Å². The summed E-state index contributed by atoms with van der Waals surface area (Å²) in [6, 6.07) is 1.34. The number of aromatic nitrogens is 2. The van der Waals surface area contributed by atoms with Crippen molar-refractivity contribution in [3.05, 3.63) is 52.4 Å². The van der Waals surface area contributed by atoms with E-state index in [1.165, 1.54) is 0 Å². The molecule has 0 fully saturated rings. The van der Waals surface area contributed by atoms with Gasteiger partial charge in [-0.05, 0) is 36.9 Å². The molecule has 0 saturated heterocycles. The van der Waals surface area contributed by atoms with Crippen LogP contribution in [-0.2, 0) is 30.4 Å². The van der Waals surface area contributed by atoms with Crippen LogP contribution in [0.15, 0.2) is 12.1 Å². The Morgan fingerprint density at radius 2 is 1.84 bits per heavy atom. The number of ether oxygens (including phenoxy) is 1.